The molecule has 1 heterocycles. The van der Waals surface area contributed by atoms with Gasteiger partial charge in [-0.25, -0.2) is 0 Å². The maximum Gasteiger partial charge on any atom is 0.266 e. The average Bonchev–Trinajstić information content (AvgIpc) is 2.85. The van der Waals surface area contributed by atoms with Crippen LogP contribution in [0.3, 0.4) is 0 Å². The topological polar surface area (TPSA) is 68.6 Å². The van der Waals surface area contributed by atoms with Crippen molar-refractivity contribution in [1.29, 1.82) is 5.26 Å². The van der Waals surface area contributed by atoms with Crippen molar-refractivity contribution in [3.63, 3.8) is 0 Å². The number of carbonyl (C=O) groups excluding carboxylic acids is 1. The number of benzene rings is 2. The Labute approximate surface area is 191 Å². The highest BCUT2D eigenvalue weighted by molar-refractivity contribution is 5.97. The van der Waals surface area contributed by atoms with Gasteiger partial charge < -0.3 is 15.0 Å². The molecule has 1 aliphatic heterocycles. The van der Waals surface area contributed by atoms with Gasteiger partial charge in [-0.2, -0.15) is 5.26 Å². The first-order valence-corrected chi connectivity index (χ1v) is 11.3. The Morgan fingerprint density at radius 1 is 1.06 bits per heavy atom. The molecule has 0 saturated carbocycles. The third kappa shape index (κ3) is 6.43. The molecule has 32 heavy (non-hydrogen) atoms. The summed E-state index contributed by atoms with van der Waals surface area (Å²) in [6, 6.07) is 23.1. The molecule has 0 unspecified atom stereocenters. The second-order valence-corrected chi connectivity index (χ2v) is 7.73. The van der Waals surface area contributed by atoms with Crippen LogP contribution < -0.4 is 5.32 Å². The van der Waals surface area contributed by atoms with Gasteiger partial charge in [0.25, 0.3) is 5.91 Å². The van der Waals surface area contributed by atoms with Gasteiger partial charge >= 0.3 is 0 Å². The zero-order chi connectivity index (χ0) is 22.6. The predicted octanol–water partition coefficient (Wildman–Crippen LogP) is 3.34. The van der Waals surface area contributed by atoms with Gasteiger partial charge in [0.1, 0.15) is 11.6 Å². The molecule has 0 bridgehead atoms. The zero-order valence-electron chi connectivity index (χ0n) is 18.7. The highest BCUT2D eigenvalue weighted by atomic mass is 16.5. The van der Waals surface area contributed by atoms with Crippen LogP contribution in [0.4, 0.5) is 0 Å². The van der Waals surface area contributed by atoms with Gasteiger partial charge in [0.15, 0.2) is 0 Å². The van der Waals surface area contributed by atoms with E-state index in [1.807, 2.05) is 25.1 Å². The number of hydrogen-bond acceptors (Lipinski definition) is 5. The van der Waals surface area contributed by atoms with Crippen molar-refractivity contribution in [3.8, 4) is 6.07 Å². The van der Waals surface area contributed by atoms with Gasteiger partial charge in [-0.05, 0) is 24.5 Å². The third-order valence-corrected chi connectivity index (χ3v) is 5.61. The van der Waals surface area contributed by atoms with Gasteiger partial charge in [-0.15, -0.1) is 0 Å². The fraction of sp³-hybridized carbons (Fsp3) is 0.385. The Morgan fingerprint density at radius 3 is 2.19 bits per heavy atom. The summed E-state index contributed by atoms with van der Waals surface area (Å²) in [7, 11) is 0. The minimum Gasteiger partial charge on any atom is -0.390 e. The normalized spacial score (nSPS) is 14.9. The molecule has 0 aliphatic carbocycles. The number of nitriles is 1. The Bertz CT molecular complexity index is 861. The minimum atomic E-state index is -0.208. The second-order valence-electron chi connectivity index (χ2n) is 7.73. The Kier molecular flexibility index (Phi) is 9.30. The predicted molar refractivity (Wildman–Crippen MR) is 126 cm³/mol. The largest absolute Gasteiger partial charge is 0.390 e. The molecular formula is C26H32N4O2. The molecule has 1 N–H and O–H groups in total. The van der Waals surface area contributed by atoms with Crippen molar-refractivity contribution >= 4 is 5.91 Å². The highest BCUT2D eigenvalue weighted by Crippen LogP contribution is 2.29. The number of hydrogen-bond donors (Lipinski definition) is 1. The van der Waals surface area contributed by atoms with Crippen LogP contribution in [0.1, 0.15) is 30.5 Å². The first kappa shape index (κ1) is 23.5. The van der Waals surface area contributed by atoms with E-state index in [0.29, 0.717) is 32.8 Å². The third-order valence-electron chi connectivity index (χ3n) is 5.61. The van der Waals surface area contributed by atoms with E-state index in [1.54, 1.807) is 4.90 Å². The summed E-state index contributed by atoms with van der Waals surface area (Å²) >= 11 is 0. The molecule has 0 radical (unpaired) electrons. The fourth-order valence-corrected chi connectivity index (χ4v) is 3.97. The molecule has 0 aromatic heterocycles. The zero-order valence-corrected chi connectivity index (χ0v) is 18.7. The summed E-state index contributed by atoms with van der Waals surface area (Å²) in [4.78, 5) is 17.1. The minimum absolute atomic E-state index is 0.146. The molecular weight excluding hydrogens is 400 g/mol. The Morgan fingerprint density at radius 2 is 1.66 bits per heavy atom. The van der Waals surface area contributed by atoms with Gasteiger partial charge in [0, 0.05) is 52.1 Å². The molecule has 168 valence electrons. The summed E-state index contributed by atoms with van der Waals surface area (Å²) in [5, 5.41) is 12.5. The van der Waals surface area contributed by atoms with Crippen molar-refractivity contribution < 1.29 is 9.53 Å². The summed E-state index contributed by atoms with van der Waals surface area (Å²) < 4.78 is 5.30. The molecule has 2 aromatic carbocycles. The van der Waals surface area contributed by atoms with E-state index in [9.17, 15) is 10.1 Å². The number of nitrogens with zero attached hydrogens (tertiary/aromatic N) is 3. The van der Waals surface area contributed by atoms with Crippen molar-refractivity contribution in [2.45, 2.75) is 19.4 Å². The smallest absolute Gasteiger partial charge is 0.266 e. The number of piperazine rings is 1. The van der Waals surface area contributed by atoms with Crippen LogP contribution >= 0.6 is 0 Å². The van der Waals surface area contributed by atoms with Crippen LogP contribution in [0.2, 0.25) is 0 Å². The van der Waals surface area contributed by atoms with E-state index in [-0.39, 0.29) is 17.5 Å². The lowest BCUT2D eigenvalue weighted by Gasteiger charge is -2.39. The molecule has 1 fully saturated rings. The molecule has 1 amide bonds. The SMILES string of the molecule is CCOCCCN/C=C(/C#N)C(=O)N1CCN(C(c2ccccc2)c2ccccc2)CC1. The molecule has 6 heteroatoms. The van der Waals surface area contributed by atoms with Gasteiger partial charge in [-0.1, -0.05) is 60.7 Å². The van der Waals surface area contributed by atoms with Gasteiger partial charge in [0.05, 0.1) is 6.04 Å². The van der Waals surface area contributed by atoms with Crippen LogP contribution in [0, 0.1) is 11.3 Å². The van der Waals surface area contributed by atoms with Gasteiger partial charge in [0.2, 0.25) is 0 Å². The first-order chi connectivity index (χ1) is 15.7. The monoisotopic (exact) mass is 432 g/mol. The molecule has 0 spiro atoms. The molecule has 6 nitrogen and oxygen atoms in total. The Hall–Kier alpha value is -3.14. The average molecular weight is 433 g/mol. The van der Waals surface area contributed by atoms with Crippen LogP contribution in [-0.2, 0) is 9.53 Å². The number of amides is 1. The van der Waals surface area contributed by atoms with Crippen molar-refractivity contribution in [3.05, 3.63) is 83.6 Å². The van der Waals surface area contributed by atoms with Crippen LogP contribution in [0.15, 0.2) is 72.4 Å². The van der Waals surface area contributed by atoms with Crippen LogP contribution in [0.25, 0.3) is 0 Å². The van der Waals surface area contributed by atoms with E-state index in [2.05, 4.69) is 58.7 Å². The molecule has 1 aliphatic rings. The summed E-state index contributed by atoms with van der Waals surface area (Å²) in [6.07, 6.45) is 2.37. The standard InChI is InChI=1S/C26H32N4O2/c1-2-32-19-9-14-28-21-24(20-27)26(31)30-17-15-29(16-18-30)25(22-10-5-3-6-11-22)23-12-7-4-8-13-23/h3-8,10-13,21,25,28H,2,9,14-19H2,1H3/b24-21-. The summed E-state index contributed by atoms with van der Waals surface area (Å²) in [6.45, 7) is 6.68. The lowest BCUT2D eigenvalue weighted by molar-refractivity contribution is -0.128. The quantitative estimate of drug-likeness (QED) is 0.354. The van der Waals surface area contributed by atoms with E-state index in [4.69, 9.17) is 4.74 Å². The number of carbonyl (C=O) groups is 1. The lowest BCUT2D eigenvalue weighted by Crippen LogP contribution is -2.50. The van der Waals surface area contributed by atoms with Crippen LogP contribution in [-0.4, -0.2) is 61.6 Å². The molecule has 3 rings (SSSR count). The Balaban J connectivity index is 1.61. The maximum absolute atomic E-state index is 12.9. The maximum atomic E-state index is 12.9. The van der Waals surface area contributed by atoms with Crippen molar-refractivity contribution in [1.82, 2.24) is 15.1 Å². The number of rotatable bonds is 10. The van der Waals surface area contributed by atoms with Crippen LogP contribution in [0.5, 0.6) is 0 Å². The fourth-order valence-electron chi connectivity index (χ4n) is 3.97. The van der Waals surface area contributed by atoms with Gasteiger partial charge in [-0.3, -0.25) is 9.69 Å². The van der Waals surface area contributed by atoms with Crippen molar-refractivity contribution in [2.75, 3.05) is 45.9 Å². The second kappa shape index (κ2) is 12.7. The van der Waals surface area contributed by atoms with E-state index < -0.39 is 0 Å². The number of nitrogens with one attached hydrogen (secondary N) is 1. The van der Waals surface area contributed by atoms with E-state index >= 15 is 0 Å². The van der Waals surface area contributed by atoms with E-state index in [0.717, 1.165) is 19.5 Å². The highest BCUT2D eigenvalue weighted by Gasteiger charge is 2.29. The summed E-state index contributed by atoms with van der Waals surface area (Å²) in [5.74, 6) is -0.208. The molecule has 0 atom stereocenters. The summed E-state index contributed by atoms with van der Waals surface area (Å²) in [5.41, 5.74) is 2.64. The lowest BCUT2D eigenvalue weighted by atomic mass is 9.96. The molecule has 1 saturated heterocycles. The number of ether oxygens (including phenoxy) is 1. The van der Waals surface area contributed by atoms with Crippen molar-refractivity contribution in [2.24, 2.45) is 0 Å². The molecule has 2 aromatic rings. The first-order valence-electron chi connectivity index (χ1n) is 11.3. The van der Waals surface area contributed by atoms with E-state index in [1.165, 1.54) is 17.3 Å².